The smallest absolute Gasteiger partial charge is 0.257 e. The summed E-state index contributed by atoms with van der Waals surface area (Å²) >= 11 is 0. The Morgan fingerprint density at radius 2 is 1.92 bits per heavy atom. The van der Waals surface area contributed by atoms with Gasteiger partial charge in [-0.2, -0.15) is 0 Å². The number of ether oxygens (including phenoxy) is 1. The fourth-order valence-corrected chi connectivity index (χ4v) is 2.86. The molecule has 0 aromatic carbocycles. The van der Waals surface area contributed by atoms with E-state index in [1.54, 1.807) is 4.90 Å². The highest BCUT2D eigenvalue weighted by atomic mass is 16.5. The third-order valence-electron chi connectivity index (χ3n) is 4.35. The average molecular weight is 333 g/mol. The Labute approximate surface area is 141 Å². The van der Waals surface area contributed by atoms with E-state index in [-0.39, 0.29) is 11.8 Å². The summed E-state index contributed by atoms with van der Waals surface area (Å²) in [7, 11) is 0. The first-order chi connectivity index (χ1) is 11.4. The quantitative estimate of drug-likeness (QED) is 0.859. The molecule has 130 valence electrons. The Hall–Kier alpha value is -2.15. The monoisotopic (exact) mass is 333 g/mol. The number of aromatic nitrogens is 2. The molecule has 1 amide bonds. The molecule has 3 heterocycles. The summed E-state index contributed by atoms with van der Waals surface area (Å²) in [5.41, 5.74) is 1.53. The lowest BCUT2D eigenvalue weighted by molar-refractivity contribution is -0.0351. The molecule has 0 unspecified atom stereocenters. The molecule has 7 nitrogen and oxygen atoms in total. The van der Waals surface area contributed by atoms with Crippen molar-refractivity contribution in [1.29, 1.82) is 0 Å². The fourth-order valence-electron chi connectivity index (χ4n) is 2.86. The van der Waals surface area contributed by atoms with Gasteiger partial charge in [-0.1, -0.05) is 13.8 Å². The van der Waals surface area contributed by atoms with Crippen LogP contribution in [0.25, 0.3) is 0 Å². The van der Waals surface area contributed by atoms with Gasteiger partial charge in [-0.25, -0.2) is 0 Å². The van der Waals surface area contributed by atoms with Gasteiger partial charge >= 0.3 is 0 Å². The Bertz CT molecular complexity index is 747. The molecule has 1 saturated heterocycles. The van der Waals surface area contributed by atoms with Crippen molar-refractivity contribution in [3.8, 4) is 0 Å². The number of rotatable bonds is 3. The maximum absolute atomic E-state index is 12.9. The number of hydrogen-bond donors (Lipinski definition) is 0. The molecule has 0 saturated carbocycles. The SMILES string of the molecule is Cc1oc(C)c(C(=O)N2CCO[C@H](c3nnc(C(C)C)o3)C2)c1C. The third-order valence-corrected chi connectivity index (χ3v) is 4.35. The normalized spacial score (nSPS) is 18.4. The van der Waals surface area contributed by atoms with Gasteiger partial charge in [-0.3, -0.25) is 4.79 Å². The van der Waals surface area contributed by atoms with E-state index in [1.807, 2.05) is 34.6 Å². The summed E-state index contributed by atoms with van der Waals surface area (Å²) < 4.78 is 17.0. The molecule has 0 bridgehead atoms. The molecule has 0 radical (unpaired) electrons. The molecule has 0 aliphatic carbocycles. The molecular formula is C17H23N3O4. The first kappa shape index (κ1) is 16.7. The average Bonchev–Trinajstić information content (AvgIpc) is 3.13. The Balaban J connectivity index is 1.78. The van der Waals surface area contributed by atoms with Crippen LogP contribution in [0.5, 0.6) is 0 Å². The maximum Gasteiger partial charge on any atom is 0.257 e. The molecule has 24 heavy (non-hydrogen) atoms. The van der Waals surface area contributed by atoms with Crippen molar-refractivity contribution >= 4 is 5.91 Å². The van der Waals surface area contributed by atoms with Crippen molar-refractivity contribution in [2.24, 2.45) is 0 Å². The van der Waals surface area contributed by atoms with Crippen molar-refractivity contribution in [2.75, 3.05) is 19.7 Å². The van der Waals surface area contributed by atoms with Crippen LogP contribution in [0.1, 0.15) is 65.1 Å². The number of carbonyl (C=O) groups excluding carboxylic acids is 1. The topological polar surface area (TPSA) is 81.6 Å². The number of hydrogen-bond acceptors (Lipinski definition) is 6. The summed E-state index contributed by atoms with van der Waals surface area (Å²) in [4.78, 5) is 14.7. The van der Waals surface area contributed by atoms with Crippen LogP contribution in [0.3, 0.4) is 0 Å². The third kappa shape index (κ3) is 2.96. The van der Waals surface area contributed by atoms with Crippen molar-refractivity contribution in [3.05, 3.63) is 34.4 Å². The Morgan fingerprint density at radius 3 is 2.50 bits per heavy atom. The molecular weight excluding hydrogens is 310 g/mol. The van der Waals surface area contributed by atoms with Crippen LogP contribution in [0, 0.1) is 20.8 Å². The van der Waals surface area contributed by atoms with Gasteiger partial charge < -0.3 is 18.5 Å². The predicted molar refractivity (Wildman–Crippen MR) is 85.9 cm³/mol. The van der Waals surface area contributed by atoms with E-state index in [0.717, 1.165) is 11.3 Å². The first-order valence-electron chi connectivity index (χ1n) is 8.19. The number of carbonyl (C=O) groups is 1. The van der Waals surface area contributed by atoms with E-state index in [0.29, 0.717) is 42.8 Å². The van der Waals surface area contributed by atoms with Crippen molar-refractivity contribution in [1.82, 2.24) is 15.1 Å². The highest BCUT2D eigenvalue weighted by molar-refractivity contribution is 5.97. The highest BCUT2D eigenvalue weighted by Crippen LogP contribution is 2.27. The summed E-state index contributed by atoms with van der Waals surface area (Å²) in [6.45, 7) is 10.9. The van der Waals surface area contributed by atoms with E-state index in [1.165, 1.54) is 0 Å². The van der Waals surface area contributed by atoms with Gasteiger partial charge in [0.05, 0.1) is 18.7 Å². The Kier molecular flexibility index (Phi) is 4.45. The van der Waals surface area contributed by atoms with Crippen molar-refractivity contribution in [2.45, 2.75) is 46.6 Å². The predicted octanol–water partition coefficient (Wildman–Crippen LogP) is 2.92. The van der Waals surface area contributed by atoms with E-state index >= 15 is 0 Å². The zero-order valence-corrected chi connectivity index (χ0v) is 14.8. The van der Waals surface area contributed by atoms with Gasteiger partial charge in [0.2, 0.25) is 11.8 Å². The second-order valence-corrected chi connectivity index (χ2v) is 6.46. The van der Waals surface area contributed by atoms with Gasteiger partial charge in [-0.15, -0.1) is 10.2 Å². The first-order valence-corrected chi connectivity index (χ1v) is 8.19. The molecule has 2 aromatic heterocycles. The van der Waals surface area contributed by atoms with E-state index in [9.17, 15) is 4.79 Å². The molecule has 1 aliphatic heterocycles. The van der Waals surface area contributed by atoms with Crippen LogP contribution in [0.4, 0.5) is 0 Å². The van der Waals surface area contributed by atoms with Gasteiger partial charge in [-0.05, 0) is 20.8 Å². The van der Waals surface area contributed by atoms with Gasteiger partial charge in [0.25, 0.3) is 5.91 Å². The molecule has 1 fully saturated rings. The zero-order valence-electron chi connectivity index (χ0n) is 14.8. The van der Waals surface area contributed by atoms with E-state index in [2.05, 4.69) is 10.2 Å². The minimum atomic E-state index is -0.392. The van der Waals surface area contributed by atoms with Crippen LogP contribution >= 0.6 is 0 Å². The minimum absolute atomic E-state index is 0.0428. The Morgan fingerprint density at radius 1 is 1.17 bits per heavy atom. The zero-order chi connectivity index (χ0) is 17.4. The van der Waals surface area contributed by atoms with Gasteiger partial charge in [0, 0.05) is 18.0 Å². The summed E-state index contributed by atoms with van der Waals surface area (Å²) in [6, 6.07) is 0. The van der Waals surface area contributed by atoms with E-state index in [4.69, 9.17) is 13.6 Å². The largest absolute Gasteiger partial charge is 0.466 e. The standard InChI is InChI=1S/C17H23N3O4/c1-9(2)15-18-19-16(24-15)13-8-20(6-7-22-13)17(21)14-10(3)11(4)23-12(14)5/h9,13H,6-8H2,1-5H3/t13-/m0/s1. The van der Waals surface area contributed by atoms with Gasteiger partial charge in [0.1, 0.15) is 11.5 Å². The number of nitrogens with zero attached hydrogens (tertiary/aromatic N) is 3. The summed E-state index contributed by atoms with van der Waals surface area (Å²) in [5.74, 6) is 2.55. The number of amides is 1. The molecule has 7 heteroatoms. The lowest BCUT2D eigenvalue weighted by atomic mass is 10.1. The van der Waals surface area contributed by atoms with E-state index < -0.39 is 6.10 Å². The van der Waals surface area contributed by atoms with Crippen molar-refractivity contribution in [3.63, 3.8) is 0 Å². The van der Waals surface area contributed by atoms with Crippen LogP contribution in [-0.2, 0) is 4.74 Å². The van der Waals surface area contributed by atoms with Crippen LogP contribution in [0.15, 0.2) is 8.83 Å². The maximum atomic E-state index is 12.9. The van der Waals surface area contributed by atoms with Crippen LogP contribution in [0.2, 0.25) is 0 Å². The molecule has 1 atom stereocenters. The molecule has 3 rings (SSSR count). The number of furan rings is 1. The molecule has 0 spiro atoms. The second-order valence-electron chi connectivity index (χ2n) is 6.46. The molecule has 0 N–H and O–H groups in total. The second kappa shape index (κ2) is 6.39. The van der Waals surface area contributed by atoms with Crippen LogP contribution in [-0.4, -0.2) is 40.7 Å². The van der Waals surface area contributed by atoms with Gasteiger partial charge in [0.15, 0.2) is 6.10 Å². The lowest BCUT2D eigenvalue weighted by Crippen LogP contribution is -2.42. The molecule has 2 aromatic rings. The highest BCUT2D eigenvalue weighted by Gasteiger charge is 2.32. The molecule has 1 aliphatic rings. The minimum Gasteiger partial charge on any atom is -0.466 e. The lowest BCUT2D eigenvalue weighted by Gasteiger charge is -2.31. The summed E-state index contributed by atoms with van der Waals surface area (Å²) in [5, 5.41) is 8.10. The van der Waals surface area contributed by atoms with Crippen LogP contribution < -0.4 is 0 Å². The number of aryl methyl sites for hydroxylation is 2. The summed E-state index contributed by atoms with van der Waals surface area (Å²) in [6.07, 6.45) is -0.392. The van der Waals surface area contributed by atoms with Crippen molar-refractivity contribution < 1.29 is 18.4 Å². The fraction of sp³-hybridized carbons (Fsp3) is 0.588. The number of morpholine rings is 1.